The van der Waals surface area contributed by atoms with Gasteiger partial charge in [0, 0.05) is 13.1 Å². The molecule has 0 amide bonds. The summed E-state index contributed by atoms with van der Waals surface area (Å²) < 4.78 is 2.34. The van der Waals surface area contributed by atoms with Crippen LogP contribution < -0.4 is 56.7 Å². The predicted molar refractivity (Wildman–Crippen MR) is 52.2 cm³/mol. The third kappa shape index (κ3) is 2.99. The molecule has 2 aliphatic rings. The fourth-order valence-electron chi connectivity index (χ4n) is 2.09. The zero-order valence-corrected chi connectivity index (χ0v) is 12.5. The van der Waals surface area contributed by atoms with Crippen LogP contribution in [0.25, 0.3) is 0 Å². The molecule has 2 heterocycles. The molecule has 0 bridgehead atoms. The van der Waals surface area contributed by atoms with Crippen LogP contribution in [-0.4, -0.2) is 30.8 Å². The van der Waals surface area contributed by atoms with Gasteiger partial charge in [-0.25, -0.2) is 0 Å². The van der Waals surface area contributed by atoms with E-state index < -0.39 is 0 Å². The third-order valence-corrected chi connectivity index (χ3v) is 3.11. The van der Waals surface area contributed by atoms with Crippen molar-refractivity contribution in [2.24, 2.45) is 5.41 Å². The van der Waals surface area contributed by atoms with Crippen LogP contribution in [0.5, 0.6) is 0 Å². The van der Waals surface area contributed by atoms with Gasteiger partial charge in [-0.3, -0.25) is 4.67 Å². The van der Waals surface area contributed by atoms with E-state index in [1.54, 1.807) is 0 Å². The molecule has 4 heteroatoms. The molecule has 1 unspecified atom stereocenters. The average Bonchev–Trinajstić information content (AvgIpc) is 1.87. The molecule has 0 aromatic heterocycles. The Bertz CT molecular complexity index is 122. The van der Waals surface area contributed by atoms with Crippen molar-refractivity contribution in [2.75, 3.05) is 26.2 Å². The molecule has 2 nitrogen and oxygen atoms in total. The Labute approximate surface area is 121 Å². The Morgan fingerprint density at radius 2 is 1.67 bits per heavy atom. The van der Waals surface area contributed by atoms with Crippen LogP contribution in [0, 0.1) is 12.8 Å². The first kappa shape index (κ1) is 14.0. The predicted octanol–water partition coefficient (Wildman–Crippen LogP) is -2.08. The molecule has 2 rings (SSSR count). The summed E-state index contributed by atoms with van der Waals surface area (Å²) in [7, 11) is 2.78. The van der Waals surface area contributed by atoms with Gasteiger partial charge in [0.05, 0.1) is 0 Å². The summed E-state index contributed by atoms with van der Waals surface area (Å²) >= 11 is 0. The van der Waals surface area contributed by atoms with Crippen LogP contribution in [0.1, 0.15) is 12.8 Å². The van der Waals surface area contributed by atoms with Crippen LogP contribution >= 0.6 is 9.39 Å². The number of nitrogens with one attached hydrogen (secondary N) is 1. The maximum Gasteiger partial charge on any atom is 1.00 e. The first-order chi connectivity index (χ1) is 4.81. The second-order valence-electron chi connectivity index (χ2n) is 3.65. The Morgan fingerprint density at radius 3 is 2.08 bits per heavy atom. The molecule has 1 N–H and O–H groups in total. The second kappa shape index (κ2) is 5.77. The smallest absolute Gasteiger partial charge is 0.358 e. The van der Waals surface area contributed by atoms with E-state index in [9.17, 15) is 0 Å². The molecular formula is C8H18KN2P. The largest absolute Gasteiger partial charge is 1.00 e. The van der Waals surface area contributed by atoms with E-state index in [1.165, 1.54) is 39.0 Å². The van der Waals surface area contributed by atoms with E-state index in [1.807, 2.05) is 0 Å². The van der Waals surface area contributed by atoms with Gasteiger partial charge in [0.1, 0.15) is 0 Å². The van der Waals surface area contributed by atoms with Gasteiger partial charge in [0.25, 0.3) is 0 Å². The minimum Gasteiger partial charge on any atom is -0.358 e. The van der Waals surface area contributed by atoms with E-state index in [0.717, 1.165) is 0 Å². The Balaban J connectivity index is 0.000000605. The van der Waals surface area contributed by atoms with Gasteiger partial charge in [-0.1, -0.05) is 9.39 Å². The monoisotopic (exact) mass is 212 g/mol. The summed E-state index contributed by atoms with van der Waals surface area (Å²) in [5.41, 5.74) is 0.715. The quantitative estimate of drug-likeness (QED) is 0.282. The molecular weight excluding hydrogens is 194 g/mol. The number of rotatable bonds is 0. The molecule has 0 saturated carbocycles. The van der Waals surface area contributed by atoms with Crippen molar-refractivity contribution in [3.63, 3.8) is 0 Å². The van der Waals surface area contributed by atoms with Gasteiger partial charge < -0.3 is 12.7 Å². The summed E-state index contributed by atoms with van der Waals surface area (Å²) in [5.74, 6) is 0. The minimum atomic E-state index is 0. The van der Waals surface area contributed by atoms with Gasteiger partial charge in [-0.15, -0.1) is 0 Å². The minimum absolute atomic E-state index is 0. The molecule has 0 aromatic carbocycles. The van der Waals surface area contributed by atoms with Gasteiger partial charge in [-0.05, 0) is 31.3 Å². The molecule has 0 aromatic rings. The van der Waals surface area contributed by atoms with Gasteiger partial charge in [-0.2, -0.15) is 0 Å². The Hall–Kier alpha value is 1.99. The normalized spacial score (nSPS) is 26.8. The van der Waals surface area contributed by atoms with Crippen molar-refractivity contribution in [1.82, 2.24) is 9.99 Å². The molecule has 1 atom stereocenters. The van der Waals surface area contributed by atoms with Crippen molar-refractivity contribution >= 4 is 9.39 Å². The molecule has 12 heavy (non-hydrogen) atoms. The molecule has 2 saturated heterocycles. The van der Waals surface area contributed by atoms with Crippen LogP contribution in [0.3, 0.4) is 0 Å². The zero-order valence-electron chi connectivity index (χ0n) is 8.27. The van der Waals surface area contributed by atoms with E-state index in [2.05, 4.69) is 19.4 Å². The summed E-state index contributed by atoms with van der Waals surface area (Å²) in [6.45, 7) is 5.08. The number of hydrogen-bond acceptors (Lipinski definition) is 2. The molecule has 66 valence electrons. The summed E-state index contributed by atoms with van der Waals surface area (Å²) in [5, 5.41) is 3.40. The summed E-state index contributed by atoms with van der Waals surface area (Å²) in [4.78, 5) is 0. The van der Waals surface area contributed by atoms with Crippen molar-refractivity contribution < 1.29 is 51.4 Å². The van der Waals surface area contributed by atoms with Crippen LogP contribution in [0.15, 0.2) is 0 Å². The zero-order chi connectivity index (χ0) is 7.03. The maximum atomic E-state index is 3.40. The molecule has 2 fully saturated rings. The second-order valence-corrected chi connectivity index (χ2v) is 4.39. The third-order valence-electron chi connectivity index (χ3n) is 2.74. The fourth-order valence-corrected chi connectivity index (χ4v) is 2.86. The molecule has 1 spiro atoms. The van der Waals surface area contributed by atoms with Crippen LogP contribution in [0.2, 0.25) is 0 Å². The van der Waals surface area contributed by atoms with Gasteiger partial charge in [0.2, 0.25) is 0 Å². The molecule has 0 aliphatic carbocycles. The number of hydrogen-bond donors (Lipinski definition) is 1. The van der Waals surface area contributed by atoms with Crippen LogP contribution in [0.4, 0.5) is 0 Å². The first-order valence-electron chi connectivity index (χ1n) is 4.01. The standard InChI is InChI=1S/C7H15N2P.CH3.K/c10-9-5-7(6-9)1-3-8-4-2-7;;/h8H,1-6,10H2;1H3;/q;-1;+1. The number of piperidine rings is 1. The van der Waals surface area contributed by atoms with Gasteiger partial charge in [0.15, 0.2) is 0 Å². The van der Waals surface area contributed by atoms with E-state index in [0.29, 0.717) is 5.41 Å². The topological polar surface area (TPSA) is 15.3 Å². The molecule has 2 aliphatic heterocycles. The van der Waals surface area contributed by atoms with Crippen LogP contribution in [-0.2, 0) is 0 Å². The van der Waals surface area contributed by atoms with Crippen molar-refractivity contribution in [1.29, 1.82) is 0 Å². The molecule has 0 radical (unpaired) electrons. The van der Waals surface area contributed by atoms with Gasteiger partial charge >= 0.3 is 51.4 Å². The Morgan fingerprint density at radius 1 is 1.17 bits per heavy atom. The summed E-state index contributed by atoms with van der Waals surface area (Å²) in [6.07, 6.45) is 2.77. The van der Waals surface area contributed by atoms with E-state index >= 15 is 0 Å². The SMILES string of the molecule is PN1CC2(CCNCC2)C1.[CH3-].[K+]. The Kier molecular flexibility index (Phi) is 6.72. The van der Waals surface area contributed by atoms with Crippen molar-refractivity contribution in [3.8, 4) is 0 Å². The van der Waals surface area contributed by atoms with Crippen molar-refractivity contribution in [3.05, 3.63) is 7.43 Å². The summed E-state index contributed by atoms with van der Waals surface area (Å²) in [6, 6.07) is 0. The first-order valence-corrected chi connectivity index (χ1v) is 4.53. The maximum absolute atomic E-state index is 3.40. The number of nitrogens with zero attached hydrogens (tertiary/aromatic N) is 1. The van der Waals surface area contributed by atoms with E-state index in [4.69, 9.17) is 0 Å². The fraction of sp³-hybridized carbons (Fsp3) is 0.875. The average molecular weight is 212 g/mol. The van der Waals surface area contributed by atoms with Crippen molar-refractivity contribution in [2.45, 2.75) is 12.8 Å². The van der Waals surface area contributed by atoms with E-state index in [-0.39, 0.29) is 58.8 Å².